The first kappa shape index (κ1) is 17.4. The molecule has 2 heterocycles. The van der Waals surface area contributed by atoms with E-state index in [0.29, 0.717) is 35.3 Å². The van der Waals surface area contributed by atoms with Gasteiger partial charge in [-0.2, -0.15) is 0 Å². The Bertz CT molecular complexity index is 920. The van der Waals surface area contributed by atoms with Gasteiger partial charge >= 0.3 is 0 Å². The predicted molar refractivity (Wildman–Crippen MR) is 106 cm³/mol. The number of aromatic hydroxyl groups is 1. The van der Waals surface area contributed by atoms with Crippen LogP contribution in [0.4, 0.5) is 0 Å². The summed E-state index contributed by atoms with van der Waals surface area (Å²) in [6.07, 6.45) is 2.83. The smallest absolute Gasteiger partial charge is 0.261 e. The first-order chi connectivity index (χ1) is 13.6. The van der Waals surface area contributed by atoms with Crippen molar-refractivity contribution in [1.82, 2.24) is 9.80 Å². The number of amides is 2. The molecule has 2 aromatic carbocycles. The Morgan fingerprint density at radius 3 is 2.36 bits per heavy atom. The number of nitrogens with zero attached hydrogens (tertiary/aromatic N) is 2. The van der Waals surface area contributed by atoms with E-state index in [1.807, 2.05) is 6.07 Å². The Hall–Kier alpha value is -2.66. The topological polar surface area (TPSA) is 60.9 Å². The van der Waals surface area contributed by atoms with E-state index < -0.39 is 0 Å². The van der Waals surface area contributed by atoms with Gasteiger partial charge in [0.1, 0.15) is 5.75 Å². The Morgan fingerprint density at radius 1 is 0.893 bits per heavy atom. The largest absolute Gasteiger partial charge is 0.508 e. The maximum Gasteiger partial charge on any atom is 0.261 e. The average Bonchev–Trinajstić information content (AvgIpc) is 3.31. The molecule has 1 saturated heterocycles. The van der Waals surface area contributed by atoms with Crippen molar-refractivity contribution in [2.24, 2.45) is 5.92 Å². The van der Waals surface area contributed by atoms with Gasteiger partial charge in [0.25, 0.3) is 11.8 Å². The lowest BCUT2D eigenvalue weighted by Gasteiger charge is -2.19. The number of fused-ring (bicyclic) bond motifs is 4. The van der Waals surface area contributed by atoms with Gasteiger partial charge < -0.3 is 10.0 Å². The number of phenols is 1. The summed E-state index contributed by atoms with van der Waals surface area (Å²) in [5.41, 5.74) is 3.51. The third-order valence-electron chi connectivity index (χ3n) is 6.53. The Morgan fingerprint density at radius 2 is 1.61 bits per heavy atom. The van der Waals surface area contributed by atoms with E-state index in [9.17, 15) is 14.7 Å². The zero-order valence-electron chi connectivity index (χ0n) is 15.8. The lowest BCUT2D eigenvalue weighted by atomic mass is 9.96. The molecule has 5 rings (SSSR count). The molecule has 0 spiro atoms. The Balaban J connectivity index is 1.13. The number of hydrogen-bond acceptors (Lipinski definition) is 4. The van der Waals surface area contributed by atoms with Gasteiger partial charge in [0.05, 0.1) is 11.1 Å². The molecule has 1 N–H and O–H groups in total. The van der Waals surface area contributed by atoms with Crippen molar-refractivity contribution < 1.29 is 14.7 Å². The highest BCUT2D eigenvalue weighted by Gasteiger charge is 2.41. The standard InChI is InChI=1S/C23H24N2O3/c26-20-9-5-6-15-12-16-13-24(14-19(16)21(15)20)10-3-4-11-25-22(27)17-7-1-2-8-18(17)23(25)28/h1-2,5-9,16,19,26H,3-4,10-14H2. The van der Waals surface area contributed by atoms with E-state index in [4.69, 9.17) is 0 Å². The van der Waals surface area contributed by atoms with Crippen molar-refractivity contribution in [3.05, 3.63) is 64.7 Å². The lowest BCUT2D eigenvalue weighted by Crippen LogP contribution is -2.31. The number of carbonyl (C=O) groups excluding carboxylic acids is 2. The quantitative estimate of drug-likeness (QED) is 0.644. The van der Waals surface area contributed by atoms with Gasteiger partial charge in [-0.1, -0.05) is 24.3 Å². The number of likely N-dealkylation sites (tertiary alicyclic amines) is 1. The molecule has 144 valence electrons. The summed E-state index contributed by atoms with van der Waals surface area (Å²) in [6, 6.07) is 12.9. The highest BCUT2D eigenvalue weighted by molar-refractivity contribution is 6.21. The van der Waals surface area contributed by atoms with E-state index in [2.05, 4.69) is 11.0 Å². The summed E-state index contributed by atoms with van der Waals surface area (Å²) in [7, 11) is 0. The van der Waals surface area contributed by atoms with Crippen LogP contribution in [0.3, 0.4) is 0 Å². The fourth-order valence-electron chi connectivity index (χ4n) is 5.21. The summed E-state index contributed by atoms with van der Waals surface area (Å²) in [6.45, 7) is 3.50. The molecule has 2 aromatic rings. The molecule has 0 radical (unpaired) electrons. The number of unbranched alkanes of at least 4 members (excludes halogenated alkanes) is 1. The van der Waals surface area contributed by atoms with Gasteiger partial charge in [-0.15, -0.1) is 0 Å². The van der Waals surface area contributed by atoms with Gasteiger partial charge in [-0.05, 0) is 55.5 Å². The second-order valence-corrected chi connectivity index (χ2v) is 8.19. The molecular weight excluding hydrogens is 352 g/mol. The highest BCUT2D eigenvalue weighted by atomic mass is 16.3. The number of carbonyl (C=O) groups is 2. The van der Waals surface area contributed by atoms with Gasteiger partial charge in [-0.3, -0.25) is 14.5 Å². The minimum Gasteiger partial charge on any atom is -0.508 e. The number of benzene rings is 2. The monoisotopic (exact) mass is 376 g/mol. The summed E-state index contributed by atoms with van der Waals surface area (Å²) < 4.78 is 0. The molecule has 0 aromatic heterocycles. The third-order valence-corrected chi connectivity index (χ3v) is 6.53. The van der Waals surface area contributed by atoms with Crippen LogP contribution in [0.5, 0.6) is 5.75 Å². The number of imide groups is 1. The van der Waals surface area contributed by atoms with Crippen LogP contribution in [0.25, 0.3) is 0 Å². The minimum absolute atomic E-state index is 0.164. The average molecular weight is 376 g/mol. The van der Waals surface area contributed by atoms with Gasteiger partial charge in [-0.25, -0.2) is 0 Å². The van der Waals surface area contributed by atoms with Crippen LogP contribution < -0.4 is 0 Å². The van der Waals surface area contributed by atoms with E-state index in [1.165, 1.54) is 10.5 Å². The fraction of sp³-hybridized carbons (Fsp3) is 0.391. The van der Waals surface area contributed by atoms with E-state index in [0.717, 1.165) is 44.5 Å². The fourth-order valence-corrected chi connectivity index (χ4v) is 5.21. The van der Waals surface area contributed by atoms with E-state index >= 15 is 0 Å². The van der Waals surface area contributed by atoms with Gasteiger partial charge in [0.2, 0.25) is 0 Å². The van der Waals surface area contributed by atoms with Crippen molar-refractivity contribution in [3.8, 4) is 5.75 Å². The zero-order chi connectivity index (χ0) is 19.3. The number of phenolic OH excluding ortho intramolecular Hbond substituents is 1. The SMILES string of the molecule is O=C1c2ccccc2C(=O)N1CCCCN1CC2Cc3cccc(O)c3C2C1. The predicted octanol–water partition coefficient (Wildman–Crippen LogP) is 3.04. The lowest BCUT2D eigenvalue weighted by molar-refractivity contribution is 0.0650. The maximum absolute atomic E-state index is 12.4. The normalized spacial score (nSPS) is 23.2. The molecule has 0 saturated carbocycles. The van der Waals surface area contributed by atoms with Crippen molar-refractivity contribution in [2.75, 3.05) is 26.2 Å². The van der Waals surface area contributed by atoms with Crippen LogP contribution in [0.15, 0.2) is 42.5 Å². The zero-order valence-corrected chi connectivity index (χ0v) is 15.8. The summed E-state index contributed by atoms with van der Waals surface area (Å²) >= 11 is 0. The first-order valence-electron chi connectivity index (χ1n) is 10.1. The summed E-state index contributed by atoms with van der Waals surface area (Å²) in [5.74, 6) is 1.15. The summed E-state index contributed by atoms with van der Waals surface area (Å²) in [4.78, 5) is 28.7. The Kier molecular flexibility index (Phi) is 4.20. The molecule has 5 nitrogen and oxygen atoms in total. The molecule has 1 fully saturated rings. The minimum atomic E-state index is -0.164. The molecule has 28 heavy (non-hydrogen) atoms. The van der Waals surface area contributed by atoms with Crippen LogP contribution in [-0.2, 0) is 6.42 Å². The van der Waals surface area contributed by atoms with Crippen LogP contribution >= 0.6 is 0 Å². The van der Waals surface area contributed by atoms with Crippen LogP contribution in [-0.4, -0.2) is 52.9 Å². The van der Waals surface area contributed by atoms with Crippen molar-refractivity contribution >= 4 is 11.8 Å². The number of rotatable bonds is 5. The third kappa shape index (κ3) is 2.73. The molecule has 1 aliphatic carbocycles. The van der Waals surface area contributed by atoms with Crippen molar-refractivity contribution in [3.63, 3.8) is 0 Å². The van der Waals surface area contributed by atoms with Gasteiger partial charge in [0.15, 0.2) is 0 Å². The van der Waals surface area contributed by atoms with E-state index in [-0.39, 0.29) is 11.8 Å². The maximum atomic E-state index is 12.4. The first-order valence-corrected chi connectivity index (χ1v) is 10.1. The molecule has 2 unspecified atom stereocenters. The molecule has 0 bridgehead atoms. The van der Waals surface area contributed by atoms with E-state index in [1.54, 1.807) is 30.3 Å². The second-order valence-electron chi connectivity index (χ2n) is 8.19. The van der Waals surface area contributed by atoms with Crippen molar-refractivity contribution in [1.29, 1.82) is 0 Å². The van der Waals surface area contributed by atoms with Gasteiger partial charge in [0, 0.05) is 31.1 Å². The van der Waals surface area contributed by atoms with Crippen LogP contribution in [0.2, 0.25) is 0 Å². The Labute approximate surface area is 164 Å². The van der Waals surface area contributed by atoms with Crippen LogP contribution in [0.1, 0.15) is 50.6 Å². The van der Waals surface area contributed by atoms with Crippen LogP contribution in [0, 0.1) is 5.92 Å². The highest BCUT2D eigenvalue weighted by Crippen LogP contribution is 2.46. The second kappa shape index (κ2) is 6.74. The molecule has 3 aliphatic rings. The summed E-state index contributed by atoms with van der Waals surface area (Å²) in [5, 5.41) is 10.2. The number of hydrogen-bond donors (Lipinski definition) is 1. The van der Waals surface area contributed by atoms with Crippen molar-refractivity contribution in [2.45, 2.75) is 25.2 Å². The molecule has 5 heteroatoms. The molecule has 2 amide bonds. The molecular formula is C23H24N2O3. The molecule has 2 aliphatic heterocycles. The molecule has 2 atom stereocenters.